The van der Waals surface area contributed by atoms with Gasteiger partial charge in [0.05, 0.1) is 24.9 Å². The van der Waals surface area contributed by atoms with E-state index < -0.39 is 29.7 Å². The molecule has 1 aromatic rings. The van der Waals surface area contributed by atoms with E-state index in [4.69, 9.17) is 21.1 Å². The highest BCUT2D eigenvalue weighted by Gasteiger charge is 2.39. The number of anilines is 1. The molecule has 25 heavy (non-hydrogen) atoms. The van der Waals surface area contributed by atoms with Gasteiger partial charge in [0.25, 0.3) is 5.91 Å². The Bertz CT molecular complexity index is 669. The summed E-state index contributed by atoms with van der Waals surface area (Å²) < 4.78 is 10.7. The molecule has 0 unspecified atom stereocenters. The Hall–Kier alpha value is -2.21. The van der Waals surface area contributed by atoms with Crippen molar-refractivity contribution in [1.82, 2.24) is 4.90 Å². The number of hydrogen-bond acceptors (Lipinski definition) is 5. The molecule has 0 saturated carbocycles. The van der Waals surface area contributed by atoms with Gasteiger partial charge in [-0.25, -0.2) is 9.69 Å². The summed E-state index contributed by atoms with van der Waals surface area (Å²) in [5, 5.41) is 3.25. The lowest BCUT2D eigenvalue weighted by Crippen LogP contribution is -2.50. The van der Waals surface area contributed by atoms with Gasteiger partial charge in [-0.15, -0.1) is 11.6 Å². The van der Waals surface area contributed by atoms with Crippen molar-refractivity contribution in [2.45, 2.75) is 38.5 Å². The first-order valence-corrected chi connectivity index (χ1v) is 8.50. The third-order valence-corrected chi connectivity index (χ3v) is 3.92. The fourth-order valence-electron chi connectivity index (χ4n) is 2.51. The Balaban J connectivity index is 2.21. The number of nitrogens with zero attached hydrogens (tertiary/aromatic N) is 1. The second-order valence-electron chi connectivity index (χ2n) is 6.64. The molecule has 2 rings (SSSR count). The van der Waals surface area contributed by atoms with Gasteiger partial charge in [-0.3, -0.25) is 4.79 Å². The fraction of sp³-hybridized carbons (Fsp3) is 0.444. The molecule has 0 aliphatic carbocycles. The number of benzene rings is 1. The standard InChI is InChI=1S/C18H23ClN2O4/c1-18(2,3)25-17(23)21-14(9-10-16(21)22)13(11-19)20-12-7-5-6-8-15(12)24-4/h5-10,13-14,20H,11H2,1-4H3/t13-,14+/m0/s1. The highest BCUT2D eigenvalue weighted by atomic mass is 35.5. The molecular formula is C18H23ClN2O4. The maximum absolute atomic E-state index is 12.4. The van der Waals surface area contributed by atoms with Crippen molar-refractivity contribution in [1.29, 1.82) is 0 Å². The van der Waals surface area contributed by atoms with Crippen LogP contribution < -0.4 is 10.1 Å². The molecule has 2 amide bonds. The summed E-state index contributed by atoms with van der Waals surface area (Å²) in [5.74, 6) is 0.408. The number of nitrogens with one attached hydrogen (secondary N) is 1. The predicted octanol–water partition coefficient (Wildman–Crippen LogP) is 3.42. The number of carbonyl (C=O) groups is 2. The zero-order valence-electron chi connectivity index (χ0n) is 14.8. The second kappa shape index (κ2) is 7.78. The van der Waals surface area contributed by atoms with E-state index in [-0.39, 0.29) is 5.88 Å². The molecule has 1 aliphatic heterocycles. The maximum Gasteiger partial charge on any atom is 0.417 e. The molecule has 0 radical (unpaired) electrons. The first-order chi connectivity index (χ1) is 11.8. The third-order valence-electron chi connectivity index (χ3n) is 3.59. The van der Waals surface area contributed by atoms with Crippen LogP contribution in [-0.2, 0) is 9.53 Å². The average molecular weight is 367 g/mol. The Kier molecular flexibility index (Phi) is 5.95. The molecule has 136 valence electrons. The summed E-state index contributed by atoms with van der Waals surface area (Å²) >= 11 is 6.12. The van der Waals surface area contributed by atoms with Gasteiger partial charge in [-0.05, 0) is 32.9 Å². The van der Waals surface area contributed by atoms with E-state index >= 15 is 0 Å². The molecule has 0 spiro atoms. The summed E-state index contributed by atoms with van der Waals surface area (Å²) in [6, 6.07) is 6.42. The smallest absolute Gasteiger partial charge is 0.417 e. The Labute approximate surface area is 152 Å². The van der Waals surface area contributed by atoms with Crippen LogP contribution >= 0.6 is 11.6 Å². The van der Waals surface area contributed by atoms with Crippen LogP contribution in [0.3, 0.4) is 0 Å². The number of ether oxygens (including phenoxy) is 2. The SMILES string of the molecule is COc1ccccc1N[C@@H](CCl)[C@H]1C=CC(=O)N1C(=O)OC(C)(C)C. The van der Waals surface area contributed by atoms with Gasteiger partial charge in [-0.2, -0.15) is 0 Å². The number of halogens is 1. The Morgan fingerprint density at radius 1 is 1.36 bits per heavy atom. The molecular weight excluding hydrogens is 344 g/mol. The summed E-state index contributed by atoms with van der Waals surface area (Å²) in [7, 11) is 1.57. The van der Waals surface area contributed by atoms with E-state index in [1.54, 1.807) is 34.0 Å². The normalized spacial score (nSPS) is 18.2. The first kappa shape index (κ1) is 19.1. The monoisotopic (exact) mass is 366 g/mol. The molecule has 1 aromatic carbocycles. The van der Waals surface area contributed by atoms with Gasteiger partial charge in [0.1, 0.15) is 11.4 Å². The number of imide groups is 1. The van der Waals surface area contributed by atoms with E-state index in [1.165, 1.54) is 6.08 Å². The van der Waals surface area contributed by atoms with E-state index in [1.807, 2.05) is 24.3 Å². The minimum atomic E-state index is -0.697. The van der Waals surface area contributed by atoms with Gasteiger partial charge < -0.3 is 14.8 Å². The lowest BCUT2D eigenvalue weighted by Gasteiger charge is -2.32. The Morgan fingerprint density at radius 3 is 2.64 bits per heavy atom. The summed E-state index contributed by atoms with van der Waals surface area (Å²) in [4.78, 5) is 25.7. The minimum Gasteiger partial charge on any atom is -0.495 e. The third kappa shape index (κ3) is 4.66. The van der Waals surface area contributed by atoms with Gasteiger partial charge in [0, 0.05) is 12.0 Å². The van der Waals surface area contributed by atoms with E-state index in [0.29, 0.717) is 5.75 Å². The van der Waals surface area contributed by atoms with Crippen molar-refractivity contribution in [2.75, 3.05) is 18.3 Å². The van der Waals surface area contributed by atoms with Gasteiger partial charge in [-0.1, -0.05) is 18.2 Å². The van der Waals surface area contributed by atoms with Gasteiger partial charge in [0.15, 0.2) is 0 Å². The molecule has 0 bridgehead atoms. The summed E-state index contributed by atoms with van der Waals surface area (Å²) in [6.45, 7) is 5.25. The largest absolute Gasteiger partial charge is 0.495 e. The van der Waals surface area contributed by atoms with Crippen LogP contribution in [0.15, 0.2) is 36.4 Å². The highest BCUT2D eigenvalue weighted by Crippen LogP contribution is 2.27. The number of para-hydroxylation sites is 2. The van der Waals surface area contributed by atoms with Crippen molar-refractivity contribution in [2.24, 2.45) is 0 Å². The minimum absolute atomic E-state index is 0.180. The fourth-order valence-corrected chi connectivity index (χ4v) is 2.77. The molecule has 7 heteroatoms. The van der Waals surface area contributed by atoms with Gasteiger partial charge in [0.2, 0.25) is 0 Å². The van der Waals surface area contributed by atoms with Crippen LogP contribution in [0.1, 0.15) is 20.8 Å². The summed E-state index contributed by atoms with van der Waals surface area (Å²) in [5.41, 5.74) is 0.0318. The van der Waals surface area contributed by atoms with E-state index in [0.717, 1.165) is 10.6 Å². The molecule has 6 nitrogen and oxygen atoms in total. The molecule has 1 heterocycles. The maximum atomic E-state index is 12.4. The zero-order chi connectivity index (χ0) is 18.6. The zero-order valence-corrected chi connectivity index (χ0v) is 15.5. The number of amides is 2. The van der Waals surface area contributed by atoms with Gasteiger partial charge >= 0.3 is 6.09 Å². The average Bonchev–Trinajstić information content (AvgIpc) is 2.93. The van der Waals surface area contributed by atoms with Crippen LogP contribution in [-0.4, -0.2) is 47.6 Å². The first-order valence-electron chi connectivity index (χ1n) is 7.96. The highest BCUT2D eigenvalue weighted by molar-refractivity contribution is 6.18. The van der Waals surface area contributed by atoms with Crippen LogP contribution in [0, 0.1) is 0 Å². The predicted molar refractivity (Wildman–Crippen MR) is 97.1 cm³/mol. The van der Waals surface area contributed by atoms with Crippen molar-refractivity contribution in [3.8, 4) is 5.75 Å². The summed E-state index contributed by atoms with van der Waals surface area (Å²) in [6.07, 6.45) is 2.32. The van der Waals surface area contributed by atoms with Crippen molar-refractivity contribution < 1.29 is 19.1 Å². The lowest BCUT2D eigenvalue weighted by atomic mass is 10.1. The van der Waals surface area contributed by atoms with Crippen LogP contribution in [0.25, 0.3) is 0 Å². The topological polar surface area (TPSA) is 67.9 Å². The molecule has 2 atom stereocenters. The van der Waals surface area contributed by atoms with E-state index in [2.05, 4.69) is 5.32 Å². The number of methoxy groups -OCH3 is 1. The number of hydrogen-bond donors (Lipinski definition) is 1. The van der Waals surface area contributed by atoms with E-state index in [9.17, 15) is 9.59 Å². The second-order valence-corrected chi connectivity index (χ2v) is 6.95. The van der Waals surface area contributed by atoms with Crippen molar-refractivity contribution in [3.63, 3.8) is 0 Å². The van der Waals surface area contributed by atoms with Crippen LogP contribution in [0.5, 0.6) is 5.75 Å². The molecule has 0 aromatic heterocycles. The van der Waals surface area contributed by atoms with Crippen LogP contribution in [0.2, 0.25) is 0 Å². The quantitative estimate of drug-likeness (QED) is 0.809. The molecule has 0 saturated heterocycles. The van der Waals surface area contributed by atoms with Crippen molar-refractivity contribution in [3.05, 3.63) is 36.4 Å². The number of alkyl halides is 1. The number of rotatable bonds is 5. The molecule has 0 fully saturated rings. The van der Waals surface area contributed by atoms with Crippen LogP contribution in [0.4, 0.5) is 10.5 Å². The Morgan fingerprint density at radius 2 is 2.04 bits per heavy atom. The van der Waals surface area contributed by atoms with Crippen molar-refractivity contribution >= 4 is 29.3 Å². The number of carbonyl (C=O) groups excluding carboxylic acids is 2. The molecule has 1 aliphatic rings. The lowest BCUT2D eigenvalue weighted by molar-refractivity contribution is -0.125. The molecule has 1 N–H and O–H groups in total.